The number of hydrogen-bond donors (Lipinski definition) is 1. The molecule has 25 heavy (non-hydrogen) atoms. The van der Waals surface area contributed by atoms with Crippen LogP contribution in [0, 0.1) is 6.92 Å². The van der Waals surface area contributed by atoms with Crippen molar-refractivity contribution in [3.63, 3.8) is 0 Å². The van der Waals surface area contributed by atoms with Crippen LogP contribution in [0.5, 0.6) is 5.75 Å². The van der Waals surface area contributed by atoms with Crippen molar-refractivity contribution in [2.75, 3.05) is 19.6 Å². The summed E-state index contributed by atoms with van der Waals surface area (Å²) in [6.45, 7) is 10.1. The van der Waals surface area contributed by atoms with Crippen LogP contribution in [0.25, 0.3) is 5.69 Å². The first kappa shape index (κ1) is 17.4. The van der Waals surface area contributed by atoms with Gasteiger partial charge in [-0.25, -0.2) is 4.68 Å². The Morgan fingerprint density at radius 3 is 2.68 bits per heavy atom. The summed E-state index contributed by atoms with van der Waals surface area (Å²) in [6.07, 6.45) is 0.129. The first-order valence-electron chi connectivity index (χ1n) is 8.67. The van der Waals surface area contributed by atoms with Gasteiger partial charge in [0.1, 0.15) is 5.75 Å². The highest BCUT2D eigenvalue weighted by Gasteiger charge is 2.26. The Hall–Kier alpha value is -2.41. The predicted molar refractivity (Wildman–Crippen MR) is 95.2 cm³/mol. The maximum absolute atomic E-state index is 12.7. The molecule has 134 valence electrons. The molecule has 1 aromatic carbocycles. The number of benzene rings is 1. The van der Waals surface area contributed by atoms with E-state index in [1.165, 1.54) is 0 Å². The standard InChI is InChI=1S/C18H25N5O2/c1-12(2)25-16-7-5-15(6-8-16)23-14(4)17(20-21-23)18(24)22-10-9-19-13(3)11-22/h5-8,12-13,19H,9-11H2,1-4H3/t13-/m1/s1. The second-order valence-electron chi connectivity index (χ2n) is 6.70. The minimum absolute atomic E-state index is 0.0585. The number of rotatable bonds is 4. The van der Waals surface area contributed by atoms with Crippen LogP contribution in [0.4, 0.5) is 0 Å². The number of amides is 1. The topological polar surface area (TPSA) is 72.3 Å². The first-order valence-corrected chi connectivity index (χ1v) is 8.67. The van der Waals surface area contributed by atoms with Gasteiger partial charge in [0.05, 0.1) is 17.5 Å². The van der Waals surface area contributed by atoms with Gasteiger partial charge >= 0.3 is 0 Å². The van der Waals surface area contributed by atoms with Gasteiger partial charge in [0, 0.05) is 25.7 Å². The lowest BCUT2D eigenvalue weighted by Crippen LogP contribution is -2.51. The average molecular weight is 343 g/mol. The summed E-state index contributed by atoms with van der Waals surface area (Å²) in [5, 5.41) is 11.6. The van der Waals surface area contributed by atoms with E-state index >= 15 is 0 Å². The highest BCUT2D eigenvalue weighted by molar-refractivity contribution is 5.93. The molecule has 1 saturated heterocycles. The van der Waals surface area contributed by atoms with E-state index in [1.54, 1.807) is 4.68 Å². The van der Waals surface area contributed by atoms with Crippen molar-refractivity contribution < 1.29 is 9.53 Å². The fraction of sp³-hybridized carbons (Fsp3) is 0.500. The third-order valence-corrected chi connectivity index (χ3v) is 4.21. The molecule has 1 aliphatic heterocycles. The maximum atomic E-state index is 12.7. The van der Waals surface area contributed by atoms with Crippen molar-refractivity contribution in [3.05, 3.63) is 35.7 Å². The molecule has 1 fully saturated rings. The van der Waals surface area contributed by atoms with Crippen LogP contribution in [0.15, 0.2) is 24.3 Å². The molecule has 0 radical (unpaired) electrons. The van der Waals surface area contributed by atoms with E-state index in [1.807, 2.05) is 49.9 Å². The van der Waals surface area contributed by atoms with Crippen molar-refractivity contribution in [2.45, 2.75) is 39.8 Å². The molecule has 2 heterocycles. The van der Waals surface area contributed by atoms with Gasteiger partial charge in [-0.05, 0) is 52.0 Å². The van der Waals surface area contributed by atoms with Crippen LogP contribution < -0.4 is 10.1 Å². The maximum Gasteiger partial charge on any atom is 0.276 e. The number of nitrogens with zero attached hydrogens (tertiary/aromatic N) is 4. The molecule has 1 aromatic heterocycles. The zero-order valence-electron chi connectivity index (χ0n) is 15.2. The Labute approximate surface area is 148 Å². The molecule has 7 heteroatoms. The number of aromatic nitrogens is 3. The number of piperazine rings is 1. The van der Waals surface area contributed by atoms with E-state index in [-0.39, 0.29) is 12.0 Å². The van der Waals surface area contributed by atoms with Crippen LogP contribution in [0.2, 0.25) is 0 Å². The molecule has 1 atom stereocenters. The van der Waals surface area contributed by atoms with Crippen LogP contribution in [-0.2, 0) is 0 Å². The number of carbonyl (C=O) groups excluding carboxylic acids is 1. The molecule has 7 nitrogen and oxygen atoms in total. The van der Waals surface area contributed by atoms with Crippen molar-refractivity contribution in [1.29, 1.82) is 0 Å². The highest BCUT2D eigenvalue weighted by Crippen LogP contribution is 2.19. The largest absolute Gasteiger partial charge is 0.491 e. The fourth-order valence-corrected chi connectivity index (χ4v) is 2.98. The molecule has 2 aromatic rings. The van der Waals surface area contributed by atoms with E-state index in [9.17, 15) is 4.79 Å². The van der Waals surface area contributed by atoms with Gasteiger partial charge in [-0.3, -0.25) is 4.79 Å². The summed E-state index contributed by atoms with van der Waals surface area (Å²) in [5.74, 6) is 0.750. The number of nitrogens with one attached hydrogen (secondary N) is 1. The molecule has 3 rings (SSSR count). The molecule has 1 amide bonds. The minimum atomic E-state index is -0.0585. The third kappa shape index (κ3) is 3.82. The van der Waals surface area contributed by atoms with Gasteiger partial charge in [-0.1, -0.05) is 5.21 Å². The smallest absolute Gasteiger partial charge is 0.276 e. The fourth-order valence-electron chi connectivity index (χ4n) is 2.98. The van der Waals surface area contributed by atoms with Gasteiger partial charge in [0.2, 0.25) is 0 Å². The lowest BCUT2D eigenvalue weighted by atomic mass is 10.2. The number of hydrogen-bond acceptors (Lipinski definition) is 5. The van der Waals surface area contributed by atoms with Crippen LogP contribution in [-0.4, -0.2) is 57.6 Å². The number of carbonyl (C=O) groups is 1. The van der Waals surface area contributed by atoms with Crippen molar-refractivity contribution in [3.8, 4) is 11.4 Å². The van der Waals surface area contributed by atoms with E-state index in [0.717, 1.165) is 23.7 Å². The Bertz CT molecular complexity index is 738. The molecule has 1 N–H and O–H groups in total. The quantitative estimate of drug-likeness (QED) is 0.916. The van der Waals surface area contributed by atoms with Gasteiger partial charge in [0.15, 0.2) is 5.69 Å². The van der Waals surface area contributed by atoms with E-state index in [0.29, 0.717) is 24.8 Å². The Kier molecular flexibility index (Phi) is 5.03. The molecule has 1 aliphatic rings. The zero-order valence-corrected chi connectivity index (χ0v) is 15.2. The molecule has 0 bridgehead atoms. The summed E-state index contributed by atoms with van der Waals surface area (Å²) in [5.41, 5.74) is 2.01. The normalized spacial score (nSPS) is 17.8. The summed E-state index contributed by atoms with van der Waals surface area (Å²) < 4.78 is 7.35. The Balaban J connectivity index is 1.80. The molecule has 0 aliphatic carbocycles. The van der Waals surface area contributed by atoms with Gasteiger partial charge in [-0.2, -0.15) is 0 Å². The predicted octanol–water partition coefficient (Wildman–Crippen LogP) is 1.80. The van der Waals surface area contributed by atoms with E-state index in [2.05, 4.69) is 22.6 Å². The second kappa shape index (κ2) is 7.23. The van der Waals surface area contributed by atoms with Crippen molar-refractivity contribution >= 4 is 5.91 Å². The van der Waals surface area contributed by atoms with E-state index < -0.39 is 0 Å². The van der Waals surface area contributed by atoms with Gasteiger partial charge in [-0.15, -0.1) is 5.10 Å². The van der Waals surface area contributed by atoms with Crippen LogP contribution >= 0.6 is 0 Å². The van der Waals surface area contributed by atoms with Crippen molar-refractivity contribution in [1.82, 2.24) is 25.2 Å². The van der Waals surface area contributed by atoms with Crippen molar-refractivity contribution in [2.24, 2.45) is 0 Å². The van der Waals surface area contributed by atoms with Crippen LogP contribution in [0.3, 0.4) is 0 Å². The lowest BCUT2D eigenvalue weighted by molar-refractivity contribution is 0.0702. The zero-order chi connectivity index (χ0) is 18.0. The summed E-state index contributed by atoms with van der Waals surface area (Å²) >= 11 is 0. The van der Waals surface area contributed by atoms with Gasteiger partial charge in [0.25, 0.3) is 5.91 Å². The molecular formula is C18H25N5O2. The van der Waals surface area contributed by atoms with Gasteiger partial charge < -0.3 is 15.0 Å². The Morgan fingerprint density at radius 1 is 1.32 bits per heavy atom. The van der Waals surface area contributed by atoms with E-state index in [4.69, 9.17) is 4.74 Å². The molecule has 0 saturated carbocycles. The molecule has 0 spiro atoms. The monoisotopic (exact) mass is 343 g/mol. The molecular weight excluding hydrogens is 318 g/mol. The number of ether oxygens (including phenoxy) is 1. The minimum Gasteiger partial charge on any atom is -0.491 e. The summed E-state index contributed by atoms with van der Waals surface area (Å²) in [7, 11) is 0. The summed E-state index contributed by atoms with van der Waals surface area (Å²) in [4.78, 5) is 14.6. The SMILES string of the molecule is Cc1c(C(=O)N2CCN[C@H](C)C2)nnn1-c1ccc(OC(C)C)cc1. The summed E-state index contributed by atoms with van der Waals surface area (Å²) in [6, 6.07) is 7.92. The average Bonchev–Trinajstić information content (AvgIpc) is 2.96. The third-order valence-electron chi connectivity index (χ3n) is 4.21. The Morgan fingerprint density at radius 2 is 2.04 bits per heavy atom. The second-order valence-corrected chi connectivity index (χ2v) is 6.70. The lowest BCUT2D eigenvalue weighted by Gasteiger charge is -2.31. The van der Waals surface area contributed by atoms with Crippen LogP contribution in [0.1, 0.15) is 37.0 Å². The first-order chi connectivity index (χ1) is 12.0. The highest BCUT2D eigenvalue weighted by atomic mass is 16.5. The molecule has 0 unspecified atom stereocenters.